The highest BCUT2D eigenvalue weighted by atomic mass is 35.5. The number of benzene rings is 3. The number of nitrogens with zero attached hydrogens (tertiary/aromatic N) is 2. The summed E-state index contributed by atoms with van der Waals surface area (Å²) in [4.78, 5) is 24.6. The Labute approximate surface area is 218 Å². The zero-order valence-corrected chi connectivity index (χ0v) is 21.0. The summed E-state index contributed by atoms with van der Waals surface area (Å²) in [5, 5.41) is 15.5. The Hall–Kier alpha value is -3.81. The fraction of sp³-hybridized carbons (Fsp3) is 0.148. The Bertz CT molecular complexity index is 1400. The zero-order valence-electron chi connectivity index (χ0n) is 19.5. The molecule has 4 rings (SSSR count). The second-order valence-electron chi connectivity index (χ2n) is 7.85. The molecule has 1 aliphatic heterocycles. The molecule has 0 radical (unpaired) electrons. The molecule has 1 N–H and O–H groups in total. The first-order valence-electron chi connectivity index (χ1n) is 11.1. The van der Waals surface area contributed by atoms with Crippen molar-refractivity contribution in [3.63, 3.8) is 0 Å². The van der Waals surface area contributed by atoms with Crippen LogP contribution in [0.4, 0.5) is 5.69 Å². The van der Waals surface area contributed by atoms with Gasteiger partial charge in [0.15, 0.2) is 11.5 Å². The van der Waals surface area contributed by atoms with Gasteiger partial charge in [-0.05, 0) is 61.9 Å². The minimum atomic E-state index is -1.19. The molecule has 0 saturated carbocycles. The molecule has 9 heteroatoms. The second kappa shape index (κ2) is 10.8. The average molecular weight is 525 g/mol. The van der Waals surface area contributed by atoms with Gasteiger partial charge < -0.3 is 14.6 Å². The first-order valence-corrected chi connectivity index (χ1v) is 11.8. The summed E-state index contributed by atoms with van der Waals surface area (Å²) in [6.45, 7) is 4.29. The lowest BCUT2D eigenvalue weighted by Gasteiger charge is -2.14. The van der Waals surface area contributed by atoms with E-state index in [-0.39, 0.29) is 23.1 Å². The smallest absolute Gasteiger partial charge is 0.337 e. The topological polar surface area (TPSA) is 88.4 Å². The quantitative estimate of drug-likeness (QED) is 0.341. The molecule has 7 nitrogen and oxygen atoms in total. The molecule has 0 saturated heterocycles. The average Bonchev–Trinajstić information content (AvgIpc) is 3.13. The lowest BCUT2D eigenvalue weighted by atomic mass is 10.1. The first-order chi connectivity index (χ1) is 17.3. The van der Waals surface area contributed by atoms with Crippen LogP contribution in [-0.2, 0) is 11.4 Å². The maximum Gasteiger partial charge on any atom is 0.337 e. The van der Waals surface area contributed by atoms with Crippen LogP contribution in [0.1, 0.15) is 35.3 Å². The van der Waals surface area contributed by atoms with Crippen molar-refractivity contribution >= 4 is 52.6 Å². The van der Waals surface area contributed by atoms with Crippen LogP contribution in [0.5, 0.6) is 11.5 Å². The number of anilines is 1. The van der Waals surface area contributed by atoms with Crippen molar-refractivity contribution in [3.05, 3.63) is 93.0 Å². The van der Waals surface area contributed by atoms with Crippen molar-refractivity contribution in [3.8, 4) is 11.5 Å². The highest BCUT2D eigenvalue weighted by Crippen LogP contribution is 2.33. The Balaban J connectivity index is 1.59. The Kier molecular flexibility index (Phi) is 7.62. The molecule has 1 heterocycles. The molecule has 0 atom stereocenters. The summed E-state index contributed by atoms with van der Waals surface area (Å²) in [5.74, 6) is -0.501. The van der Waals surface area contributed by atoms with Crippen molar-refractivity contribution in [2.75, 3.05) is 11.6 Å². The summed E-state index contributed by atoms with van der Waals surface area (Å²) in [6, 6.07) is 17.1. The molecule has 1 amide bonds. The number of hydrazone groups is 1. The minimum Gasteiger partial charge on any atom is -0.490 e. The number of carboxylic acids is 1. The van der Waals surface area contributed by atoms with E-state index in [2.05, 4.69) is 5.10 Å². The number of carboxylic acid groups (broad SMARTS) is 1. The molecule has 0 spiro atoms. The lowest BCUT2D eigenvalue weighted by molar-refractivity contribution is -0.114. The van der Waals surface area contributed by atoms with Crippen LogP contribution >= 0.6 is 23.2 Å². The summed E-state index contributed by atoms with van der Waals surface area (Å²) in [6.07, 6.45) is 1.70. The van der Waals surface area contributed by atoms with E-state index >= 15 is 0 Å². The molecule has 3 aromatic carbocycles. The Morgan fingerprint density at radius 3 is 2.53 bits per heavy atom. The molecular weight excluding hydrogens is 503 g/mol. The van der Waals surface area contributed by atoms with Gasteiger partial charge in [0, 0.05) is 10.6 Å². The van der Waals surface area contributed by atoms with E-state index in [1.165, 1.54) is 12.1 Å². The molecule has 0 fully saturated rings. The van der Waals surface area contributed by atoms with Gasteiger partial charge in [-0.25, -0.2) is 4.79 Å². The van der Waals surface area contributed by atoms with E-state index in [0.717, 1.165) is 10.6 Å². The summed E-state index contributed by atoms with van der Waals surface area (Å²) < 4.78 is 11.7. The van der Waals surface area contributed by atoms with Crippen LogP contribution in [-0.4, -0.2) is 29.3 Å². The van der Waals surface area contributed by atoms with Gasteiger partial charge in [-0.1, -0.05) is 47.5 Å². The number of carbonyl (C=O) groups is 2. The molecule has 0 bridgehead atoms. The number of amides is 1. The lowest BCUT2D eigenvalue weighted by Crippen LogP contribution is -2.21. The fourth-order valence-electron chi connectivity index (χ4n) is 3.61. The van der Waals surface area contributed by atoms with E-state index in [4.69, 9.17) is 32.7 Å². The van der Waals surface area contributed by atoms with E-state index in [9.17, 15) is 14.7 Å². The molecule has 36 heavy (non-hydrogen) atoms. The van der Waals surface area contributed by atoms with Crippen LogP contribution < -0.4 is 14.5 Å². The van der Waals surface area contributed by atoms with E-state index in [0.29, 0.717) is 45.7 Å². The number of ether oxygens (including phenoxy) is 2. The van der Waals surface area contributed by atoms with Crippen LogP contribution in [0.15, 0.2) is 71.3 Å². The number of halogens is 2. The van der Waals surface area contributed by atoms with Crippen molar-refractivity contribution in [1.82, 2.24) is 0 Å². The summed E-state index contributed by atoms with van der Waals surface area (Å²) in [5.41, 5.74) is 2.62. The third kappa shape index (κ3) is 5.37. The maximum atomic E-state index is 13.1. The van der Waals surface area contributed by atoms with Crippen molar-refractivity contribution in [1.29, 1.82) is 0 Å². The van der Waals surface area contributed by atoms with Gasteiger partial charge >= 0.3 is 5.97 Å². The normalized spacial score (nSPS) is 14.2. The number of hydrogen-bond donors (Lipinski definition) is 1. The van der Waals surface area contributed by atoms with Crippen molar-refractivity contribution in [2.24, 2.45) is 5.10 Å². The van der Waals surface area contributed by atoms with Gasteiger partial charge in [-0.2, -0.15) is 10.1 Å². The van der Waals surface area contributed by atoms with E-state index in [1.54, 1.807) is 37.3 Å². The predicted molar refractivity (Wildman–Crippen MR) is 140 cm³/mol. The molecular formula is C27H22Cl2N2O5. The third-order valence-corrected chi connectivity index (χ3v) is 6.11. The van der Waals surface area contributed by atoms with Gasteiger partial charge in [-0.3, -0.25) is 4.79 Å². The molecule has 0 aliphatic carbocycles. The molecule has 0 unspecified atom stereocenters. The SMILES string of the molecule is CCOc1cc(/C=C2\C(=O)N(c3ccc(Cl)c(C(=O)O)c3)N=C2C)ccc1OCc1ccccc1Cl. The van der Waals surface area contributed by atoms with Crippen molar-refractivity contribution < 1.29 is 24.2 Å². The largest absolute Gasteiger partial charge is 0.490 e. The van der Waals surface area contributed by atoms with Gasteiger partial charge in [0.1, 0.15) is 6.61 Å². The van der Waals surface area contributed by atoms with Crippen LogP contribution in [0.3, 0.4) is 0 Å². The van der Waals surface area contributed by atoms with Gasteiger partial charge in [0.05, 0.1) is 34.2 Å². The number of rotatable bonds is 8. The monoisotopic (exact) mass is 524 g/mol. The summed E-state index contributed by atoms with van der Waals surface area (Å²) >= 11 is 12.2. The highest BCUT2D eigenvalue weighted by Gasteiger charge is 2.29. The second-order valence-corrected chi connectivity index (χ2v) is 8.66. The number of aromatic carboxylic acids is 1. The minimum absolute atomic E-state index is 0.0784. The standard InChI is InChI=1S/C27H22Cl2N2O5/c1-3-35-25-13-17(8-11-24(25)36-15-18-6-4-5-7-22(18)28)12-20-16(2)30-31(26(20)32)19-9-10-23(29)21(14-19)27(33)34/h4-14H,3,15H2,1-2H3,(H,33,34)/b20-12-. The van der Waals surface area contributed by atoms with Gasteiger partial charge in [-0.15, -0.1) is 0 Å². The number of carbonyl (C=O) groups excluding carboxylic acids is 1. The first kappa shape index (κ1) is 25.3. The maximum absolute atomic E-state index is 13.1. The summed E-state index contributed by atoms with van der Waals surface area (Å²) in [7, 11) is 0. The van der Waals surface area contributed by atoms with Crippen LogP contribution in [0.2, 0.25) is 10.0 Å². The fourth-order valence-corrected chi connectivity index (χ4v) is 4.00. The van der Waals surface area contributed by atoms with Crippen LogP contribution in [0, 0.1) is 0 Å². The molecule has 1 aliphatic rings. The molecule has 0 aromatic heterocycles. The van der Waals surface area contributed by atoms with Gasteiger partial charge in [0.2, 0.25) is 0 Å². The highest BCUT2D eigenvalue weighted by molar-refractivity contribution is 6.34. The van der Waals surface area contributed by atoms with E-state index in [1.807, 2.05) is 31.2 Å². The third-order valence-electron chi connectivity index (χ3n) is 5.41. The van der Waals surface area contributed by atoms with E-state index < -0.39 is 5.97 Å². The molecule has 184 valence electrons. The van der Waals surface area contributed by atoms with Crippen LogP contribution in [0.25, 0.3) is 6.08 Å². The Morgan fingerprint density at radius 2 is 1.81 bits per heavy atom. The zero-order chi connectivity index (χ0) is 25.8. The van der Waals surface area contributed by atoms with Crippen molar-refractivity contribution in [2.45, 2.75) is 20.5 Å². The molecule has 3 aromatic rings. The number of hydrogen-bond acceptors (Lipinski definition) is 5. The Morgan fingerprint density at radius 1 is 1.03 bits per heavy atom. The van der Waals surface area contributed by atoms with Gasteiger partial charge in [0.25, 0.3) is 5.91 Å². The predicted octanol–water partition coefficient (Wildman–Crippen LogP) is 6.48.